The van der Waals surface area contributed by atoms with Crippen LogP contribution in [0.3, 0.4) is 0 Å². The minimum Gasteiger partial charge on any atom is -0.504 e. The summed E-state index contributed by atoms with van der Waals surface area (Å²) < 4.78 is 10.3. The molecular weight excluding hydrogens is 254 g/mol. The van der Waals surface area contributed by atoms with Crippen molar-refractivity contribution < 1.29 is 14.6 Å². The highest BCUT2D eigenvalue weighted by atomic mass is 16.5. The van der Waals surface area contributed by atoms with Crippen LogP contribution in [0.25, 0.3) is 22.2 Å². The fourth-order valence-corrected chi connectivity index (χ4v) is 2.25. The van der Waals surface area contributed by atoms with Crippen molar-refractivity contribution in [2.45, 2.75) is 0 Å². The molecule has 2 aromatic carbocycles. The lowest BCUT2D eigenvalue weighted by Gasteiger charge is -2.04. The third-order valence-electron chi connectivity index (χ3n) is 3.32. The molecule has 0 unspecified atom stereocenters. The quantitative estimate of drug-likeness (QED) is 0.764. The van der Waals surface area contributed by atoms with Crippen molar-refractivity contribution in [3.63, 3.8) is 0 Å². The van der Waals surface area contributed by atoms with Gasteiger partial charge in [-0.3, -0.25) is 0 Å². The van der Waals surface area contributed by atoms with Gasteiger partial charge in [-0.1, -0.05) is 0 Å². The Bertz CT molecular complexity index is 762. The molecule has 20 heavy (non-hydrogen) atoms. The molecule has 0 saturated carbocycles. The molecule has 0 aliphatic rings. The minimum absolute atomic E-state index is 0.126. The Morgan fingerprint density at radius 3 is 2.50 bits per heavy atom. The lowest BCUT2D eigenvalue weighted by atomic mass is 10.1. The second-order valence-corrected chi connectivity index (χ2v) is 4.52. The van der Waals surface area contributed by atoms with Crippen molar-refractivity contribution in [3.8, 4) is 28.5 Å². The van der Waals surface area contributed by atoms with Crippen molar-refractivity contribution in [2.24, 2.45) is 0 Å². The number of nitrogens with one attached hydrogen (secondary N) is 1. The number of rotatable bonds is 3. The van der Waals surface area contributed by atoms with Gasteiger partial charge in [0, 0.05) is 28.2 Å². The predicted molar refractivity (Wildman–Crippen MR) is 78.5 cm³/mol. The number of benzene rings is 2. The van der Waals surface area contributed by atoms with Crippen LogP contribution in [0.1, 0.15) is 0 Å². The van der Waals surface area contributed by atoms with Gasteiger partial charge in [0.05, 0.1) is 14.2 Å². The topological polar surface area (TPSA) is 54.5 Å². The van der Waals surface area contributed by atoms with Gasteiger partial charge < -0.3 is 19.6 Å². The molecule has 0 bridgehead atoms. The highest BCUT2D eigenvalue weighted by Crippen LogP contribution is 2.33. The number of aromatic hydroxyl groups is 1. The molecule has 0 spiro atoms. The zero-order valence-corrected chi connectivity index (χ0v) is 11.3. The van der Waals surface area contributed by atoms with Gasteiger partial charge in [-0.25, -0.2) is 0 Å². The molecule has 102 valence electrons. The van der Waals surface area contributed by atoms with E-state index in [1.54, 1.807) is 19.2 Å². The zero-order valence-electron chi connectivity index (χ0n) is 11.3. The standard InChI is InChI=1S/C16H15NO3/c1-19-12-5-3-10-7-13(17-14(10)9-12)11-4-6-16(20-2)15(18)8-11/h3-9,17-18H,1-2H3. The number of ether oxygens (including phenoxy) is 2. The summed E-state index contributed by atoms with van der Waals surface area (Å²) in [6.45, 7) is 0. The first kappa shape index (κ1) is 12.4. The van der Waals surface area contributed by atoms with E-state index in [9.17, 15) is 5.11 Å². The summed E-state index contributed by atoms with van der Waals surface area (Å²) in [5, 5.41) is 10.9. The number of hydrogen-bond donors (Lipinski definition) is 2. The number of fused-ring (bicyclic) bond motifs is 1. The fourth-order valence-electron chi connectivity index (χ4n) is 2.25. The summed E-state index contributed by atoms with van der Waals surface area (Å²) in [7, 11) is 3.18. The maximum Gasteiger partial charge on any atom is 0.160 e. The van der Waals surface area contributed by atoms with E-state index in [1.807, 2.05) is 30.3 Å². The Morgan fingerprint density at radius 1 is 0.950 bits per heavy atom. The molecule has 2 N–H and O–H groups in total. The molecule has 3 aromatic rings. The summed E-state index contributed by atoms with van der Waals surface area (Å²) in [5.41, 5.74) is 2.83. The molecule has 4 heteroatoms. The van der Waals surface area contributed by atoms with E-state index in [0.717, 1.165) is 27.9 Å². The second-order valence-electron chi connectivity index (χ2n) is 4.52. The number of H-pyrrole nitrogens is 1. The van der Waals surface area contributed by atoms with Crippen molar-refractivity contribution in [1.29, 1.82) is 0 Å². The third-order valence-corrected chi connectivity index (χ3v) is 3.32. The average Bonchev–Trinajstić information content (AvgIpc) is 2.89. The van der Waals surface area contributed by atoms with Crippen molar-refractivity contribution in [2.75, 3.05) is 14.2 Å². The van der Waals surface area contributed by atoms with Crippen LogP contribution in [0.2, 0.25) is 0 Å². The van der Waals surface area contributed by atoms with E-state index in [4.69, 9.17) is 9.47 Å². The van der Waals surface area contributed by atoms with Crippen molar-refractivity contribution in [3.05, 3.63) is 42.5 Å². The summed E-state index contributed by atoms with van der Waals surface area (Å²) in [6, 6.07) is 13.2. The lowest BCUT2D eigenvalue weighted by molar-refractivity contribution is 0.373. The normalized spacial score (nSPS) is 10.7. The zero-order chi connectivity index (χ0) is 14.1. The monoisotopic (exact) mass is 269 g/mol. The Morgan fingerprint density at radius 2 is 1.80 bits per heavy atom. The molecule has 0 fully saturated rings. The first-order valence-electron chi connectivity index (χ1n) is 6.25. The number of aromatic nitrogens is 1. The summed E-state index contributed by atoms with van der Waals surface area (Å²) in [6.07, 6.45) is 0. The molecule has 1 heterocycles. The van der Waals surface area contributed by atoms with Crippen LogP contribution in [-0.4, -0.2) is 24.3 Å². The molecule has 0 aliphatic heterocycles. The van der Waals surface area contributed by atoms with E-state index >= 15 is 0 Å². The fraction of sp³-hybridized carbons (Fsp3) is 0.125. The van der Waals surface area contributed by atoms with Gasteiger partial charge in [0.1, 0.15) is 5.75 Å². The molecule has 0 aliphatic carbocycles. The van der Waals surface area contributed by atoms with Crippen molar-refractivity contribution in [1.82, 2.24) is 4.98 Å². The van der Waals surface area contributed by atoms with E-state index < -0.39 is 0 Å². The van der Waals surface area contributed by atoms with Gasteiger partial charge in [0.25, 0.3) is 0 Å². The number of phenols is 1. The molecule has 4 nitrogen and oxygen atoms in total. The molecule has 3 rings (SSSR count). The maximum atomic E-state index is 9.85. The van der Waals surface area contributed by atoms with Crippen molar-refractivity contribution >= 4 is 10.9 Å². The van der Waals surface area contributed by atoms with E-state index in [0.29, 0.717) is 5.75 Å². The van der Waals surface area contributed by atoms with Gasteiger partial charge in [-0.2, -0.15) is 0 Å². The molecule has 0 saturated heterocycles. The van der Waals surface area contributed by atoms with E-state index in [1.165, 1.54) is 7.11 Å². The summed E-state index contributed by atoms with van der Waals surface area (Å²) >= 11 is 0. The Kier molecular flexibility index (Phi) is 2.99. The predicted octanol–water partition coefficient (Wildman–Crippen LogP) is 3.56. The highest BCUT2D eigenvalue weighted by Gasteiger charge is 2.07. The van der Waals surface area contributed by atoms with Crippen LogP contribution in [0.15, 0.2) is 42.5 Å². The van der Waals surface area contributed by atoms with Crippen LogP contribution in [0, 0.1) is 0 Å². The van der Waals surface area contributed by atoms with Gasteiger partial charge in [0.15, 0.2) is 11.5 Å². The third kappa shape index (κ3) is 2.05. The van der Waals surface area contributed by atoms with Gasteiger partial charge in [0.2, 0.25) is 0 Å². The van der Waals surface area contributed by atoms with E-state index in [-0.39, 0.29) is 5.75 Å². The lowest BCUT2D eigenvalue weighted by Crippen LogP contribution is -1.84. The average molecular weight is 269 g/mol. The first-order chi connectivity index (χ1) is 9.71. The van der Waals surface area contributed by atoms with Gasteiger partial charge in [-0.15, -0.1) is 0 Å². The Labute approximate surface area is 116 Å². The SMILES string of the molecule is COc1ccc2cc(-c3ccc(OC)c(O)c3)[nH]c2c1. The molecule has 1 aromatic heterocycles. The molecule has 0 radical (unpaired) electrons. The van der Waals surface area contributed by atoms with E-state index in [2.05, 4.69) is 4.98 Å². The van der Waals surface area contributed by atoms with Crippen LogP contribution in [0.4, 0.5) is 0 Å². The molecule has 0 amide bonds. The summed E-state index contributed by atoms with van der Waals surface area (Å²) in [5.74, 6) is 1.40. The second kappa shape index (κ2) is 4.81. The van der Waals surface area contributed by atoms with Crippen LogP contribution in [-0.2, 0) is 0 Å². The number of aromatic amines is 1. The number of methoxy groups -OCH3 is 2. The number of hydrogen-bond acceptors (Lipinski definition) is 3. The Hall–Kier alpha value is -2.62. The van der Waals surface area contributed by atoms with Gasteiger partial charge >= 0.3 is 0 Å². The van der Waals surface area contributed by atoms with Crippen LogP contribution in [0.5, 0.6) is 17.2 Å². The number of phenolic OH excluding ortho intramolecular Hbond substituents is 1. The van der Waals surface area contributed by atoms with Crippen LogP contribution >= 0.6 is 0 Å². The highest BCUT2D eigenvalue weighted by molar-refractivity contribution is 5.87. The largest absolute Gasteiger partial charge is 0.504 e. The Balaban J connectivity index is 2.07. The molecular formula is C16H15NO3. The maximum absolute atomic E-state index is 9.85. The van der Waals surface area contributed by atoms with Gasteiger partial charge in [-0.05, 0) is 36.4 Å². The molecule has 0 atom stereocenters. The minimum atomic E-state index is 0.126. The smallest absolute Gasteiger partial charge is 0.160 e. The van der Waals surface area contributed by atoms with Crippen LogP contribution < -0.4 is 9.47 Å². The first-order valence-corrected chi connectivity index (χ1v) is 6.25. The summed E-state index contributed by atoms with van der Waals surface area (Å²) in [4.78, 5) is 3.32.